The first-order valence-electron chi connectivity index (χ1n) is 11.3. The molecule has 2 aromatic carbocycles. The summed E-state index contributed by atoms with van der Waals surface area (Å²) in [6.45, 7) is 5.37. The van der Waals surface area contributed by atoms with Crippen molar-refractivity contribution >= 4 is 0 Å². The van der Waals surface area contributed by atoms with Crippen molar-refractivity contribution in [1.82, 2.24) is 15.2 Å². The molecule has 0 saturated carbocycles. The summed E-state index contributed by atoms with van der Waals surface area (Å²) < 4.78 is 53.1. The average molecular weight is 465 g/mol. The Bertz CT molecular complexity index is 1350. The van der Waals surface area contributed by atoms with Gasteiger partial charge in [0.2, 0.25) is 0 Å². The van der Waals surface area contributed by atoms with E-state index in [1.807, 2.05) is 6.07 Å². The molecule has 2 aromatic heterocycles. The molecule has 0 radical (unpaired) electrons. The molecule has 3 heterocycles. The van der Waals surface area contributed by atoms with Crippen molar-refractivity contribution in [3.05, 3.63) is 70.8 Å². The number of rotatable bonds is 4. The van der Waals surface area contributed by atoms with Crippen LogP contribution >= 0.6 is 0 Å². The van der Waals surface area contributed by atoms with Crippen LogP contribution in [0.2, 0.25) is 0 Å². The molecule has 0 spiro atoms. The fourth-order valence-corrected chi connectivity index (χ4v) is 5.09. The van der Waals surface area contributed by atoms with Gasteiger partial charge in [-0.2, -0.15) is 13.2 Å². The van der Waals surface area contributed by atoms with Gasteiger partial charge in [0, 0.05) is 36.3 Å². The van der Waals surface area contributed by atoms with E-state index in [0.29, 0.717) is 29.7 Å². The Morgan fingerprint density at radius 1 is 0.941 bits per heavy atom. The summed E-state index contributed by atoms with van der Waals surface area (Å²) in [5, 5.41) is 7.97. The van der Waals surface area contributed by atoms with Crippen molar-refractivity contribution in [2.75, 3.05) is 13.1 Å². The molecule has 1 aliphatic heterocycles. The molecule has 8 heteroatoms. The van der Waals surface area contributed by atoms with Crippen LogP contribution in [-0.2, 0) is 25.6 Å². The summed E-state index contributed by atoms with van der Waals surface area (Å²) in [5.41, 5.74) is 3.50. The largest absolute Gasteiger partial charge is 0.422 e. The minimum absolute atomic E-state index is 0.0255. The standard InChI is InChI=1S/C26H22F3N3O2/c1-15-12-32(13-15)14-16-7-9-19-18(11-16)8-10-20-22(19)30-34-25(20)23-21(26(27,28)29)24(33-31-23)17-5-3-2-4-6-17/h2-7,9,11,15H,8,10,12-14H2,1H3. The highest BCUT2D eigenvalue weighted by Crippen LogP contribution is 2.46. The zero-order chi connectivity index (χ0) is 23.4. The lowest BCUT2D eigenvalue weighted by molar-refractivity contribution is -0.136. The van der Waals surface area contributed by atoms with Gasteiger partial charge in [-0.05, 0) is 29.9 Å². The van der Waals surface area contributed by atoms with E-state index >= 15 is 0 Å². The van der Waals surface area contributed by atoms with Crippen LogP contribution < -0.4 is 0 Å². The fraction of sp³-hybridized carbons (Fsp3) is 0.308. The third-order valence-electron chi connectivity index (χ3n) is 6.63. The van der Waals surface area contributed by atoms with Crippen molar-refractivity contribution in [3.8, 4) is 34.0 Å². The van der Waals surface area contributed by atoms with Gasteiger partial charge in [0.1, 0.15) is 11.3 Å². The van der Waals surface area contributed by atoms with E-state index in [2.05, 4.69) is 34.3 Å². The summed E-state index contributed by atoms with van der Waals surface area (Å²) in [5.74, 6) is 0.446. The number of aromatic nitrogens is 2. The normalized spacial score (nSPS) is 16.2. The van der Waals surface area contributed by atoms with E-state index in [9.17, 15) is 13.2 Å². The Morgan fingerprint density at radius 3 is 2.41 bits per heavy atom. The molecular formula is C26H22F3N3O2. The van der Waals surface area contributed by atoms with Gasteiger partial charge in [0.05, 0.1) is 0 Å². The highest BCUT2D eigenvalue weighted by Gasteiger charge is 2.43. The number of fused-ring (bicyclic) bond motifs is 3. The van der Waals surface area contributed by atoms with E-state index in [1.54, 1.807) is 30.3 Å². The Labute approximate surface area is 194 Å². The SMILES string of the molecule is CC1CN(Cc2ccc3c(c2)CCc2c-3noc2-c2noc(-c3ccccc3)c2C(F)(F)F)C1. The number of likely N-dealkylation sites (tertiary alicyclic amines) is 1. The van der Waals surface area contributed by atoms with Crippen LogP contribution in [0.4, 0.5) is 13.2 Å². The molecular weight excluding hydrogens is 443 g/mol. The molecule has 1 fully saturated rings. The number of benzene rings is 2. The van der Waals surface area contributed by atoms with Crippen LogP contribution in [0.15, 0.2) is 57.6 Å². The number of hydrogen-bond acceptors (Lipinski definition) is 5. The second kappa shape index (κ2) is 7.84. The van der Waals surface area contributed by atoms with Gasteiger partial charge in [-0.1, -0.05) is 65.8 Å². The topological polar surface area (TPSA) is 55.3 Å². The predicted molar refractivity (Wildman–Crippen MR) is 120 cm³/mol. The second-order valence-electron chi connectivity index (χ2n) is 9.23. The summed E-state index contributed by atoms with van der Waals surface area (Å²) in [4.78, 5) is 2.41. The lowest BCUT2D eigenvalue weighted by Gasteiger charge is -2.37. The Hall–Kier alpha value is -3.39. The van der Waals surface area contributed by atoms with Gasteiger partial charge in [-0.15, -0.1) is 0 Å². The molecule has 1 aliphatic carbocycles. The van der Waals surface area contributed by atoms with Gasteiger partial charge in [-0.3, -0.25) is 4.90 Å². The zero-order valence-corrected chi connectivity index (χ0v) is 18.5. The van der Waals surface area contributed by atoms with E-state index in [-0.39, 0.29) is 17.2 Å². The molecule has 0 unspecified atom stereocenters. The second-order valence-corrected chi connectivity index (χ2v) is 9.23. The van der Waals surface area contributed by atoms with E-state index in [0.717, 1.165) is 36.7 Å². The van der Waals surface area contributed by atoms with Crippen molar-refractivity contribution < 1.29 is 22.2 Å². The van der Waals surface area contributed by atoms with Gasteiger partial charge in [-0.25, -0.2) is 0 Å². The molecule has 4 aromatic rings. The molecule has 6 rings (SSSR count). The van der Waals surface area contributed by atoms with Crippen molar-refractivity contribution in [2.24, 2.45) is 5.92 Å². The zero-order valence-electron chi connectivity index (χ0n) is 18.5. The molecule has 1 saturated heterocycles. The van der Waals surface area contributed by atoms with E-state index in [1.165, 1.54) is 5.56 Å². The Kier molecular flexibility index (Phi) is 4.88. The van der Waals surface area contributed by atoms with Gasteiger partial charge in [0.15, 0.2) is 17.2 Å². The number of nitrogens with zero attached hydrogens (tertiary/aromatic N) is 3. The summed E-state index contributed by atoms with van der Waals surface area (Å²) >= 11 is 0. The maximum atomic E-state index is 14.1. The number of hydrogen-bond donors (Lipinski definition) is 0. The molecule has 0 N–H and O–H groups in total. The average Bonchev–Trinajstić information content (AvgIpc) is 3.43. The molecule has 0 amide bonds. The highest BCUT2D eigenvalue weighted by atomic mass is 19.4. The van der Waals surface area contributed by atoms with E-state index < -0.39 is 11.7 Å². The minimum atomic E-state index is -4.67. The van der Waals surface area contributed by atoms with Gasteiger partial charge >= 0.3 is 6.18 Å². The Morgan fingerprint density at radius 2 is 1.68 bits per heavy atom. The summed E-state index contributed by atoms with van der Waals surface area (Å²) in [7, 11) is 0. The fourth-order valence-electron chi connectivity index (χ4n) is 5.09. The maximum Gasteiger partial charge on any atom is 0.422 e. The van der Waals surface area contributed by atoms with Crippen molar-refractivity contribution in [1.29, 1.82) is 0 Å². The summed E-state index contributed by atoms with van der Waals surface area (Å²) in [6.07, 6.45) is -3.45. The highest BCUT2D eigenvalue weighted by molar-refractivity contribution is 5.79. The van der Waals surface area contributed by atoms with Crippen molar-refractivity contribution in [3.63, 3.8) is 0 Å². The number of aryl methyl sites for hydroxylation is 1. The molecule has 34 heavy (non-hydrogen) atoms. The van der Waals surface area contributed by atoms with E-state index in [4.69, 9.17) is 9.05 Å². The predicted octanol–water partition coefficient (Wildman–Crippen LogP) is 6.23. The van der Waals surface area contributed by atoms with Gasteiger partial charge < -0.3 is 9.05 Å². The minimum Gasteiger partial charge on any atom is -0.355 e. The summed E-state index contributed by atoms with van der Waals surface area (Å²) in [6, 6.07) is 14.4. The van der Waals surface area contributed by atoms with Crippen LogP contribution in [-0.4, -0.2) is 28.3 Å². The third-order valence-corrected chi connectivity index (χ3v) is 6.63. The first kappa shape index (κ1) is 21.2. The monoisotopic (exact) mass is 465 g/mol. The number of halogens is 3. The molecule has 5 nitrogen and oxygen atoms in total. The maximum absolute atomic E-state index is 14.1. The first-order valence-corrected chi connectivity index (χ1v) is 11.3. The number of alkyl halides is 3. The first-order chi connectivity index (χ1) is 16.4. The lowest BCUT2D eigenvalue weighted by Crippen LogP contribution is -2.44. The smallest absolute Gasteiger partial charge is 0.355 e. The molecule has 0 atom stereocenters. The lowest BCUT2D eigenvalue weighted by atomic mass is 9.87. The van der Waals surface area contributed by atoms with Gasteiger partial charge in [0.25, 0.3) is 0 Å². The molecule has 174 valence electrons. The molecule has 0 bridgehead atoms. The van der Waals surface area contributed by atoms with Crippen LogP contribution in [0.25, 0.3) is 34.0 Å². The molecule has 2 aliphatic rings. The quantitative estimate of drug-likeness (QED) is 0.358. The van der Waals surface area contributed by atoms with Crippen LogP contribution in [0, 0.1) is 5.92 Å². The third kappa shape index (κ3) is 3.53. The van der Waals surface area contributed by atoms with Crippen LogP contribution in [0.1, 0.15) is 29.2 Å². The van der Waals surface area contributed by atoms with Crippen molar-refractivity contribution in [2.45, 2.75) is 32.5 Å². The van der Waals surface area contributed by atoms with Crippen LogP contribution in [0.5, 0.6) is 0 Å². The van der Waals surface area contributed by atoms with Crippen LogP contribution in [0.3, 0.4) is 0 Å². The Balaban J connectivity index is 1.38.